The van der Waals surface area contributed by atoms with E-state index in [4.69, 9.17) is 0 Å². The second-order valence-electron chi connectivity index (χ2n) is 5.86. The van der Waals surface area contributed by atoms with Gasteiger partial charge in [0.15, 0.2) is 0 Å². The Hall–Kier alpha value is 0.423. The van der Waals surface area contributed by atoms with Crippen molar-refractivity contribution in [1.82, 2.24) is 0 Å². The number of allylic oxidation sites excluding steroid dienone is 8. The molecule has 0 amide bonds. The van der Waals surface area contributed by atoms with E-state index < -0.39 is 0 Å². The predicted molar refractivity (Wildman–Crippen MR) is 79.9 cm³/mol. The zero-order valence-electron chi connectivity index (χ0n) is 13.5. The summed E-state index contributed by atoms with van der Waals surface area (Å²) in [5.41, 5.74) is 2.93. The molecule has 0 saturated carbocycles. The molecule has 0 aliphatic heterocycles. The summed E-state index contributed by atoms with van der Waals surface area (Å²) in [5.74, 6) is 1.57. The van der Waals surface area contributed by atoms with Crippen molar-refractivity contribution in [3.05, 3.63) is 47.6 Å². The van der Waals surface area contributed by atoms with Gasteiger partial charge in [-0.25, -0.2) is 23.3 Å². The van der Waals surface area contributed by atoms with Crippen LogP contribution in [-0.4, -0.2) is 0 Å². The van der Waals surface area contributed by atoms with Gasteiger partial charge in [0.25, 0.3) is 0 Å². The van der Waals surface area contributed by atoms with E-state index in [-0.39, 0.29) is 51.0 Å². The van der Waals surface area contributed by atoms with Gasteiger partial charge in [-0.2, -0.15) is 12.2 Å². The Bertz CT molecular complexity index is 327. The fourth-order valence-electron chi connectivity index (χ4n) is 2.11. The van der Waals surface area contributed by atoms with Crippen LogP contribution in [-0.2, 0) is 26.2 Å². The average Bonchev–Trinajstić information content (AvgIpc) is 2.90. The minimum atomic E-state index is 0. The van der Waals surface area contributed by atoms with Gasteiger partial charge in [-0.05, 0) is 0 Å². The Labute approximate surface area is 163 Å². The molecule has 116 valence electrons. The van der Waals surface area contributed by atoms with Crippen molar-refractivity contribution in [1.29, 1.82) is 0 Å². The summed E-state index contributed by atoms with van der Waals surface area (Å²) in [6, 6.07) is 0. The minimum Gasteiger partial charge on any atom is -1.00 e. The van der Waals surface area contributed by atoms with Crippen LogP contribution in [0.3, 0.4) is 0 Å². The maximum absolute atomic E-state index is 3.16. The molecule has 0 aromatic carbocycles. The molecule has 0 nitrogen and oxygen atoms in total. The molecule has 3 heteroatoms. The van der Waals surface area contributed by atoms with Crippen molar-refractivity contribution in [3.8, 4) is 0 Å². The third kappa shape index (κ3) is 13.8. The van der Waals surface area contributed by atoms with Crippen molar-refractivity contribution >= 4 is 0 Å². The van der Waals surface area contributed by atoms with Crippen LogP contribution in [0.2, 0.25) is 0 Å². The number of rotatable bonds is 4. The van der Waals surface area contributed by atoms with Gasteiger partial charge in [0.2, 0.25) is 0 Å². The van der Waals surface area contributed by atoms with E-state index in [0.29, 0.717) is 0 Å². The molecule has 0 spiro atoms. The normalized spacial score (nSPS) is 14.6. The zero-order chi connectivity index (χ0) is 13.4. The topological polar surface area (TPSA) is 0 Å². The number of halogens is 2. The Balaban J connectivity index is -0.000000270. The van der Waals surface area contributed by atoms with Crippen molar-refractivity contribution in [3.63, 3.8) is 0 Å². The molecule has 0 aromatic rings. The summed E-state index contributed by atoms with van der Waals surface area (Å²) in [7, 11) is 0. The average molecular weight is 405 g/mol. The molecule has 2 rings (SSSR count). The first-order chi connectivity index (χ1) is 8.58. The Kier molecular flexibility index (Phi) is 19.2. The number of hydrogen-bond acceptors (Lipinski definition) is 0. The molecular formula is C18H26Cl2Zr. The molecule has 21 heavy (non-hydrogen) atoms. The second kappa shape index (κ2) is 15.3. The molecule has 2 aliphatic carbocycles. The van der Waals surface area contributed by atoms with Crippen LogP contribution in [0.1, 0.15) is 53.4 Å². The van der Waals surface area contributed by atoms with Gasteiger partial charge in [0.05, 0.1) is 0 Å². The molecular weight excluding hydrogens is 378 g/mol. The molecule has 0 unspecified atom stereocenters. The van der Waals surface area contributed by atoms with Crippen LogP contribution in [0.5, 0.6) is 0 Å². The quantitative estimate of drug-likeness (QED) is 0.552. The van der Waals surface area contributed by atoms with Gasteiger partial charge in [-0.3, -0.25) is 12.2 Å². The van der Waals surface area contributed by atoms with Crippen LogP contribution < -0.4 is 24.8 Å². The molecule has 0 aromatic heterocycles. The maximum atomic E-state index is 3.16. The summed E-state index contributed by atoms with van der Waals surface area (Å²) >= 11 is 0. The van der Waals surface area contributed by atoms with Crippen LogP contribution in [0.15, 0.2) is 35.5 Å². The van der Waals surface area contributed by atoms with E-state index in [9.17, 15) is 0 Å². The Morgan fingerprint density at radius 3 is 1.33 bits per heavy atom. The molecule has 0 heterocycles. The summed E-state index contributed by atoms with van der Waals surface area (Å²) in [6.45, 7) is 8.97. The first-order valence-electron chi connectivity index (χ1n) is 7.09. The van der Waals surface area contributed by atoms with Crippen LogP contribution in [0.4, 0.5) is 0 Å². The smallest absolute Gasteiger partial charge is 1.00 e. The van der Waals surface area contributed by atoms with Gasteiger partial charge < -0.3 is 24.8 Å². The fraction of sp³-hybridized carbons (Fsp3) is 0.556. The molecule has 0 radical (unpaired) electrons. The second-order valence-corrected chi connectivity index (χ2v) is 5.86. The first-order valence-corrected chi connectivity index (χ1v) is 7.09. The summed E-state index contributed by atoms with van der Waals surface area (Å²) in [4.78, 5) is 0. The molecule has 0 bridgehead atoms. The molecule has 0 N–H and O–H groups in total. The number of hydrogen-bond donors (Lipinski definition) is 0. The predicted octanol–water partition coefficient (Wildman–Crippen LogP) is -0.551. The third-order valence-corrected chi connectivity index (χ3v) is 2.83. The van der Waals surface area contributed by atoms with E-state index in [1.54, 1.807) is 0 Å². The van der Waals surface area contributed by atoms with E-state index in [2.05, 4.69) is 64.2 Å². The first kappa shape index (κ1) is 26.3. The van der Waals surface area contributed by atoms with Gasteiger partial charge >= 0.3 is 26.2 Å². The maximum Gasteiger partial charge on any atom is 4.00 e. The van der Waals surface area contributed by atoms with Gasteiger partial charge in [0.1, 0.15) is 0 Å². The third-order valence-electron chi connectivity index (χ3n) is 2.83. The molecule has 0 atom stereocenters. The monoisotopic (exact) mass is 402 g/mol. The van der Waals surface area contributed by atoms with Crippen LogP contribution in [0.25, 0.3) is 0 Å². The SMILES string of the molecule is CC(C)CC1=CC[C-]=C1.CC(C)CC1=CC[C-]=C1.[Cl-].[Cl-].[Zr+4]. The van der Waals surface area contributed by atoms with Crippen LogP contribution in [0, 0.1) is 24.0 Å². The largest absolute Gasteiger partial charge is 4.00 e. The van der Waals surface area contributed by atoms with Gasteiger partial charge in [-0.1, -0.05) is 52.4 Å². The van der Waals surface area contributed by atoms with E-state index >= 15 is 0 Å². The van der Waals surface area contributed by atoms with Crippen molar-refractivity contribution in [2.45, 2.75) is 53.4 Å². The van der Waals surface area contributed by atoms with E-state index in [1.807, 2.05) is 0 Å². The molecule has 2 aliphatic rings. The summed E-state index contributed by atoms with van der Waals surface area (Å²) in [5, 5.41) is 0. The summed E-state index contributed by atoms with van der Waals surface area (Å²) < 4.78 is 0. The standard InChI is InChI=1S/2C9H13.2ClH.Zr/c2*1-8(2)7-9-5-3-4-6-9;;;/h2*5-6,8H,3,7H2,1-2H3;2*1H;/q2*-1;;;+4/p-2. The van der Waals surface area contributed by atoms with E-state index in [0.717, 1.165) is 24.7 Å². The van der Waals surface area contributed by atoms with E-state index in [1.165, 1.54) is 24.0 Å². The van der Waals surface area contributed by atoms with Crippen LogP contribution >= 0.6 is 0 Å². The van der Waals surface area contributed by atoms with Crippen molar-refractivity contribution < 1.29 is 51.0 Å². The molecule has 0 fully saturated rings. The Morgan fingerprint density at radius 2 is 1.14 bits per heavy atom. The summed E-state index contributed by atoms with van der Waals surface area (Å²) in [6.07, 6.45) is 19.5. The zero-order valence-corrected chi connectivity index (χ0v) is 17.5. The molecule has 0 saturated heterocycles. The van der Waals surface area contributed by atoms with Gasteiger partial charge in [0, 0.05) is 0 Å². The minimum absolute atomic E-state index is 0. The fourth-order valence-corrected chi connectivity index (χ4v) is 2.11. The van der Waals surface area contributed by atoms with Gasteiger partial charge in [-0.15, -0.1) is 12.8 Å². The van der Waals surface area contributed by atoms with Crippen molar-refractivity contribution in [2.75, 3.05) is 0 Å². The van der Waals surface area contributed by atoms with Crippen molar-refractivity contribution in [2.24, 2.45) is 11.8 Å². The Morgan fingerprint density at radius 1 is 0.810 bits per heavy atom.